The van der Waals surface area contributed by atoms with Crippen LogP contribution in [0, 0.1) is 11.3 Å². The quantitative estimate of drug-likeness (QED) is 0.654. The van der Waals surface area contributed by atoms with E-state index in [9.17, 15) is 23.1 Å². The van der Waals surface area contributed by atoms with Crippen molar-refractivity contribution in [1.82, 2.24) is 5.32 Å². The zero-order valence-corrected chi connectivity index (χ0v) is 17.2. The molecule has 2 aromatic rings. The average Bonchev–Trinajstić information content (AvgIpc) is 3.13. The zero-order valence-electron chi connectivity index (χ0n) is 16.4. The number of allylic oxidation sites excluding steroid dienone is 1. The van der Waals surface area contributed by atoms with E-state index in [0.29, 0.717) is 29.7 Å². The van der Waals surface area contributed by atoms with Crippen LogP contribution >= 0.6 is 11.8 Å². The summed E-state index contributed by atoms with van der Waals surface area (Å²) in [5.74, 6) is 0. The standard InChI is InChI=1S/C22H18F3N3O2S/c1-31-18-9-12(11-26)5-6-15(18)20-19-16(7-8-17(19)29)28(21(30)27-20)14-4-2-3-13(10-14)22(23,24)25/h2-6,9-10,17,20,29H,7-8H2,1H3,(H,27,30)/t17?,20-/m1/s1. The highest BCUT2D eigenvalue weighted by Crippen LogP contribution is 2.44. The number of nitrogens with zero attached hydrogens (tertiary/aromatic N) is 2. The Morgan fingerprint density at radius 1 is 1.26 bits per heavy atom. The largest absolute Gasteiger partial charge is 0.416 e. The molecule has 0 fully saturated rings. The topological polar surface area (TPSA) is 76.4 Å². The molecule has 2 aromatic carbocycles. The Balaban J connectivity index is 1.83. The van der Waals surface area contributed by atoms with Gasteiger partial charge in [-0.15, -0.1) is 11.8 Å². The van der Waals surface area contributed by atoms with Crippen LogP contribution in [-0.4, -0.2) is 23.5 Å². The summed E-state index contributed by atoms with van der Waals surface area (Å²) in [6.07, 6.45) is -2.79. The number of hydrogen-bond acceptors (Lipinski definition) is 4. The molecule has 0 spiro atoms. The molecule has 1 heterocycles. The van der Waals surface area contributed by atoms with Gasteiger partial charge in [0.15, 0.2) is 0 Å². The molecule has 31 heavy (non-hydrogen) atoms. The lowest BCUT2D eigenvalue weighted by atomic mass is 9.93. The van der Waals surface area contributed by atoms with Crippen molar-refractivity contribution in [2.45, 2.75) is 36.1 Å². The van der Waals surface area contributed by atoms with Crippen LogP contribution in [0.25, 0.3) is 0 Å². The second-order valence-electron chi connectivity index (χ2n) is 7.29. The first-order valence-corrected chi connectivity index (χ1v) is 10.7. The summed E-state index contributed by atoms with van der Waals surface area (Å²) >= 11 is 1.41. The first kappa shape index (κ1) is 21.3. The Hall–Kier alpha value is -2.96. The van der Waals surface area contributed by atoms with Crippen molar-refractivity contribution in [2.75, 3.05) is 11.2 Å². The fourth-order valence-corrected chi connectivity index (χ4v) is 4.78. The lowest BCUT2D eigenvalue weighted by molar-refractivity contribution is -0.137. The lowest BCUT2D eigenvalue weighted by Gasteiger charge is -2.36. The number of rotatable bonds is 3. The summed E-state index contributed by atoms with van der Waals surface area (Å²) in [5.41, 5.74) is 1.53. The summed E-state index contributed by atoms with van der Waals surface area (Å²) in [4.78, 5) is 15.1. The van der Waals surface area contributed by atoms with E-state index in [-0.39, 0.29) is 5.69 Å². The molecular weight excluding hydrogens is 427 g/mol. The van der Waals surface area contributed by atoms with Crippen molar-refractivity contribution in [2.24, 2.45) is 0 Å². The van der Waals surface area contributed by atoms with Gasteiger partial charge in [-0.2, -0.15) is 18.4 Å². The SMILES string of the molecule is CSc1cc(C#N)ccc1[C@H]1NC(=O)N(c2cccc(C(F)(F)F)c2)C2=C1C(O)CC2. The Morgan fingerprint density at radius 3 is 2.71 bits per heavy atom. The fraction of sp³-hybridized carbons (Fsp3) is 0.273. The molecule has 0 radical (unpaired) electrons. The van der Waals surface area contributed by atoms with Gasteiger partial charge in [0.2, 0.25) is 0 Å². The maximum absolute atomic E-state index is 13.2. The van der Waals surface area contributed by atoms with Gasteiger partial charge in [0.05, 0.1) is 35.0 Å². The van der Waals surface area contributed by atoms with Gasteiger partial charge in [0.1, 0.15) is 0 Å². The van der Waals surface area contributed by atoms with E-state index in [1.54, 1.807) is 18.2 Å². The van der Waals surface area contributed by atoms with Crippen molar-refractivity contribution >= 4 is 23.5 Å². The summed E-state index contributed by atoms with van der Waals surface area (Å²) in [6.45, 7) is 0. The molecule has 9 heteroatoms. The number of thioether (sulfide) groups is 1. The molecule has 1 unspecified atom stereocenters. The normalized spacial score (nSPS) is 21.0. The molecule has 0 saturated carbocycles. The number of aliphatic hydroxyl groups is 1. The predicted molar refractivity (Wildman–Crippen MR) is 110 cm³/mol. The molecule has 1 aliphatic heterocycles. The van der Waals surface area contributed by atoms with E-state index < -0.39 is 29.9 Å². The van der Waals surface area contributed by atoms with Gasteiger partial charge in [-0.3, -0.25) is 4.90 Å². The Labute approximate surface area is 181 Å². The summed E-state index contributed by atoms with van der Waals surface area (Å²) in [5, 5.41) is 22.7. The van der Waals surface area contributed by atoms with Crippen molar-refractivity contribution in [3.8, 4) is 6.07 Å². The van der Waals surface area contributed by atoms with Crippen LogP contribution in [0.2, 0.25) is 0 Å². The minimum absolute atomic E-state index is 0.0947. The van der Waals surface area contributed by atoms with Crippen molar-refractivity contribution in [1.29, 1.82) is 5.26 Å². The number of amides is 2. The summed E-state index contributed by atoms with van der Waals surface area (Å²) < 4.78 is 39.6. The van der Waals surface area contributed by atoms with Crippen LogP contribution in [0.3, 0.4) is 0 Å². The number of alkyl halides is 3. The van der Waals surface area contributed by atoms with Crippen LogP contribution in [0.4, 0.5) is 23.7 Å². The van der Waals surface area contributed by atoms with E-state index in [2.05, 4.69) is 11.4 Å². The molecule has 2 aliphatic rings. The highest BCUT2D eigenvalue weighted by molar-refractivity contribution is 7.98. The van der Waals surface area contributed by atoms with Crippen LogP contribution < -0.4 is 10.2 Å². The highest BCUT2D eigenvalue weighted by atomic mass is 32.2. The average molecular weight is 445 g/mol. The minimum Gasteiger partial charge on any atom is -0.389 e. The molecule has 2 N–H and O–H groups in total. The minimum atomic E-state index is -4.53. The Kier molecular flexibility index (Phi) is 5.45. The first-order chi connectivity index (χ1) is 14.7. The number of urea groups is 1. The molecule has 5 nitrogen and oxygen atoms in total. The molecule has 1 aliphatic carbocycles. The van der Waals surface area contributed by atoms with Gasteiger partial charge < -0.3 is 10.4 Å². The van der Waals surface area contributed by atoms with Crippen LogP contribution in [-0.2, 0) is 6.18 Å². The number of halogens is 3. The van der Waals surface area contributed by atoms with Crippen molar-refractivity contribution < 1.29 is 23.1 Å². The zero-order chi connectivity index (χ0) is 22.3. The second-order valence-corrected chi connectivity index (χ2v) is 8.14. The number of nitriles is 1. The van der Waals surface area contributed by atoms with Crippen LogP contribution in [0.15, 0.2) is 58.6 Å². The highest BCUT2D eigenvalue weighted by Gasteiger charge is 2.42. The number of carbonyl (C=O) groups excluding carboxylic acids is 1. The van der Waals surface area contributed by atoms with Gasteiger partial charge in [0.25, 0.3) is 0 Å². The maximum atomic E-state index is 13.2. The summed E-state index contributed by atoms with van der Waals surface area (Å²) in [6, 6.07) is 10.6. The monoisotopic (exact) mass is 445 g/mol. The van der Waals surface area contributed by atoms with E-state index in [1.165, 1.54) is 28.8 Å². The maximum Gasteiger partial charge on any atom is 0.416 e. The fourth-order valence-electron chi connectivity index (χ4n) is 4.11. The number of nitrogens with one attached hydrogen (secondary N) is 1. The number of anilines is 1. The number of carbonyl (C=O) groups is 1. The molecule has 2 atom stereocenters. The van der Waals surface area contributed by atoms with Gasteiger partial charge in [-0.25, -0.2) is 4.79 Å². The molecule has 160 valence electrons. The Morgan fingerprint density at radius 2 is 2.03 bits per heavy atom. The summed E-state index contributed by atoms with van der Waals surface area (Å²) in [7, 11) is 0. The predicted octanol–water partition coefficient (Wildman–Crippen LogP) is 4.98. The van der Waals surface area contributed by atoms with Crippen molar-refractivity contribution in [3.05, 3.63) is 70.4 Å². The molecule has 0 aromatic heterocycles. The molecule has 0 bridgehead atoms. The Bertz CT molecular complexity index is 1120. The van der Waals surface area contributed by atoms with Gasteiger partial charge in [-0.05, 0) is 55.0 Å². The van der Waals surface area contributed by atoms with E-state index in [4.69, 9.17) is 5.26 Å². The van der Waals surface area contributed by atoms with Gasteiger partial charge in [-0.1, -0.05) is 12.1 Å². The van der Waals surface area contributed by atoms with Crippen molar-refractivity contribution in [3.63, 3.8) is 0 Å². The van der Waals surface area contributed by atoms with Gasteiger partial charge in [0, 0.05) is 16.2 Å². The molecular formula is C22H18F3N3O2S. The van der Waals surface area contributed by atoms with E-state index in [1.807, 2.05) is 6.26 Å². The third-order valence-corrected chi connectivity index (χ3v) is 6.30. The van der Waals surface area contributed by atoms with E-state index >= 15 is 0 Å². The second kappa shape index (κ2) is 7.94. The van der Waals surface area contributed by atoms with Gasteiger partial charge >= 0.3 is 12.2 Å². The smallest absolute Gasteiger partial charge is 0.389 e. The lowest BCUT2D eigenvalue weighted by Crippen LogP contribution is -2.47. The molecule has 0 saturated heterocycles. The third-order valence-electron chi connectivity index (χ3n) is 5.50. The molecule has 2 amide bonds. The van der Waals surface area contributed by atoms with Crippen LogP contribution in [0.5, 0.6) is 0 Å². The number of hydrogen-bond donors (Lipinski definition) is 2. The third kappa shape index (κ3) is 3.77. The number of benzene rings is 2. The molecule has 4 rings (SSSR count). The van der Waals surface area contributed by atoms with Crippen LogP contribution in [0.1, 0.15) is 35.6 Å². The van der Waals surface area contributed by atoms with E-state index in [0.717, 1.165) is 22.6 Å². The first-order valence-electron chi connectivity index (χ1n) is 9.51. The number of aliphatic hydroxyl groups excluding tert-OH is 1.